The lowest BCUT2D eigenvalue weighted by Crippen LogP contribution is -2.41. The van der Waals surface area contributed by atoms with Crippen molar-refractivity contribution < 1.29 is 19.2 Å². The van der Waals surface area contributed by atoms with Gasteiger partial charge in [-0.3, -0.25) is 4.79 Å². The zero-order valence-corrected chi connectivity index (χ0v) is 16.3. The number of urea groups is 1. The number of carbonyl (C=O) groups is 2. The molecule has 8 nitrogen and oxygen atoms in total. The fraction of sp³-hybridized carbons (Fsp3) is 0.286. The highest BCUT2D eigenvalue weighted by molar-refractivity contribution is 5.93. The van der Waals surface area contributed by atoms with Gasteiger partial charge >= 0.3 is 6.03 Å². The van der Waals surface area contributed by atoms with Crippen LogP contribution in [-0.4, -0.2) is 49.4 Å². The van der Waals surface area contributed by atoms with E-state index in [1.165, 1.54) is 0 Å². The Morgan fingerprint density at radius 3 is 2.45 bits per heavy atom. The standard InChI is InChI=1S/C21H24N4O4/c1-28-19-9-5-8-18(14-19)22-20(26)15-29-24-17-10-12-25(13-11-17)21(27)23-16-6-3-2-4-7-16/h2-9,14H,10-13,15H2,1H3,(H,22,26)(H,23,27). The van der Waals surface area contributed by atoms with Crippen LogP contribution >= 0.6 is 0 Å². The largest absolute Gasteiger partial charge is 0.497 e. The van der Waals surface area contributed by atoms with Gasteiger partial charge in [0.2, 0.25) is 0 Å². The van der Waals surface area contributed by atoms with Gasteiger partial charge in [0.25, 0.3) is 5.91 Å². The molecule has 8 heteroatoms. The molecule has 3 amide bonds. The number of rotatable bonds is 6. The number of likely N-dealkylation sites (tertiary alicyclic amines) is 1. The van der Waals surface area contributed by atoms with Gasteiger partial charge in [0.15, 0.2) is 6.61 Å². The summed E-state index contributed by atoms with van der Waals surface area (Å²) < 4.78 is 5.12. The van der Waals surface area contributed by atoms with Crippen LogP contribution < -0.4 is 15.4 Å². The summed E-state index contributed by atoms with van der Waals surface area (Å²) in [6, 6.07) is 16.3. The number of ether oxygens (including phenoxy) is 1. The normalized spacial score (nSPS) is 13.4. The predicted molar refractivity (Wildman–Crippen MR) is 111 cm³/mol. The maximum Gasteiger partial charge on any atom is 0.321 e. The first-order chi connectivity index (χ1) is 14.1. The van der Waals surface area contributed by atoms with Crippen LogP contribution in [0.4, 0.5) is 16.2 Å². The monoisotopic (exact) mass is 396 g/mol. The molecule has 1 aliphatic heterocycles. The fourth-order valence-corrected chi connectivity index (χ4v) is 2.86. The molecular formula is C21H24N4O4. The van der Waals surface area contributed by atoms with Gasteiger partial charge < -0.3 is 25.1 Å². The molecule has 1 saturated heterocycles. The molecule has 0 bridgehead atoms. The minimum atomic E-state index is -0.303. The summed E-state index contributed by atoms with van der Waals surface area (Å²) >= 11 is 0. The molecule has 0 saturated carbocycles. The molecule has 0 spiro atoms. The predicted octanol–water partition coefficient (Wildman–Crippen LogP) is 3.33. The molecule has 0 aliphatic carbocycles. The van der Waals surface area contributed by atoms with Crippen LogP contribution in [0.1, 0.15) is 12.8 Å². The number of carbonyl (C=O) groups excluding carboxylic acids is 2. The van der Waals surface area contributed by atoms with Crippen LogP contribution in [0, 0.1) is 0 Å². The van der Waals surface area contributed by atoms with E-state index < -0.39 is 0 Å². The van der Waals surface area contributed by atoms with Crippen LogP contribution in [0.5, 0.6) is 5.75 Å². The molecule has 3 rings (SSSR count). The molecule has 2 aromatic rings. The van der Waals surface area contributed by atoms with E-state index in [1.807, 2.05) is 30.3 Å². The molecule has 1 aliphatic rings. The Hall–Kier alpha value is -3.55. The Morgan fingerprint density at radius 1 is 1.00 bits per heavy atom. The van der Waals surface area contributed by atoms with E-state index in [9.17, 15) is 9.59 Å². The van der Waals surface area contributed by atoms with Crippen molar-refractivity contribution in [1.29, 1.82) is 0 Å². The van der Waals surface area contributed by atoms with E-state index in [0.717, 1.165) is 11.4 Å². The lowest BCUT2D eigenvalue weighted by molar-refractivity contribution is -0.120. The Balaban J connectivity index is 1.39. The molecule has 2 N–H and O–H groups in total. The molecule has 1 fully saturated rings. The maximum atomic E-state index is 12.3. The van der Waals surface area contributed by atoms with Crippen LogP contribution in [-0.2, 0) is 9.63 Å². The second kappa shape index (κ2) is 10.1. The second-order valence-electron chi connectivity index (χ2n) is 6.49. The third-order valence-corrected chi connectivity index (χ3v) is 4.40. The molecule has 152 valence electrons. The summed E-state index contributed by atoms with van der Waals surface area (Å²) in [5, 5.41) is 9.64. The quantitative estimate of drug-likeness (QED) is 0.733. The number of benzene rings is 2. The molecule has 0 atom stereocenters. The van der Waals surface area contributed by atoms with Gasteiger partial charge in [0, 0.05) is 43.4 Å². The highest BCUT2D eigenvalue weighted by Gasteiger charge is 2.20. The SMILES string of the molecule is COc1cccc(NC(=O)CON=C2CCN(C(=O)Nc3ccccc3)CC2)c1. The number of anilines is 2. The molecule has 29 heavy (non-hydrogen) atoms. The number of hydrogen-bond donors (Lipinski definition) is 2. The fourth-order valence-electron chi connectivity index (χ4n) is 2.86. The van der Waals surface area contributed by atoms with Crippen molar-refractivity contribution >= 4 is 29.0 Å². The van der Waals surface area contributed by atoms with Crippen molar-refractivity contribution in [3.63, 3.8) is 0 Å². The number of amides is 3. The van der Waals surface area contributed by atoms with Crippen molar-refractivity contribution in [3.8, 4) is 5.75 Å². The van der Waals surface area contributed by atoms with Gasteiger partial charge in [-0.2, -0.15) is 0 Å². The van der Waals surface area contributed by atoms with Crippen molar-refractivity contribution in [3.05, 3.63) is 54.6 Å². The smallest absolute Gasteiger partial charge is 0.321 e. The van der Waals surface area contributed by atoms with E-state index in [-0.39, 0.29) is 18.5 Å². The van der Waals surface area contributed by atoms with Gasteiger partial charge in [-0.1, -0.05) is 29.4 Å². The average Bonchev–Trinajstić information content (AvgIpc) is 2.75. The zero-order chi connectivity index (χ0) is 20.5. The van der Waals surface area contributed by atoms with Crippen molar-refractivity contribution in [1.82, 2.24) is 4.90 Å². The van der Waals surface area contributed by atoms with E-state index >= 15 is 0 Å². The van der Waals surface area contributed by atoms with Crippen molar-refractivity contribution in [2.45, 2.75) is 12.8 Å². The van der Waals surface area contributed by atoms with Crippen molar-refractivity contribution in [2.24, 2.45) is 5.16 Å². The van der Waals surface area contributed by atoms with Gasteiger partial charge in [-0.25, -0.2) is 4.79 Å². The molecular weight excluding hydrogens is 372 g/mol. The van der Waals surface area contributed by atoms with Gasteiger partial charge in [0.05, 0.1) is 12.8 Å². The first-order valence-electron chi connectivity index (χ1n) is 9.36. The molecule has 2 aromatic carbocycles. The average molecular weight is 396 g/mol. The Kier molecular flexibility index (Phi) is 7.05. The number of oxime groups is 1. The van der Waals surface area contributed by atoms with E-state index in [2.05, 4.69) is 15.8 Å². The Bertz CT molecular complexity index is 860. The van der Waals surface area contributed by atoms with Crippen LogP contribution in [0.3, 0.4) is 0 Å². The first-order valence-corrected chi connectivity index (χ1v) is 9.36. The molecule has 0 radical (unpaired) electrons. The van der Waals surface area contributed by atoms with Crippen LogP contribution in [0.15, 0.2) is 59.8 Å². The Labute approximate surface area is 169 Å². The number of piperidine rings is 1. The summed E-state index contributed by atoms with van der Waals surface area (Å²) in [5.74, 6) is 0.356. The highest BCUT2D eigenvalue weighted by Crippen LogP contribution is 2.16. The third-order valence-electron chi connectivity index (χ3n) is 4.40. The van der Waals surface area contributed by atoms with Crippen LogP contribution in [0.2, 0.25) is 0 Å². The number of nitrogens with zero attached hydrogens (tertiary/aromatic N) is 2. The van der Waals surface area contributed by atoms with E-state index in [4.69, 9.17) is 9.57 Å². The summed E-state index contributed by atoms with van der Waals surface area (Å²) in [4.78, 5) is 31.2. The third kappa shape index (κ3) is 6.24. The Morgan fingerprint density at radius 2 is 1.72 bits per heavy atom. The minimum absolute atomic E-state index is 0.131. The topological polar surface area (TPSA) is 92.3 Å². The van der Waals surface area contributed by atoms with Crippen molar-refractivity contribution in [2.75, 3.05) is 37.4 Å². The zero-order valence-electron chi connectivity index (χ0n) is 16.3. The van der Waals surface area contributed by atoms with E-state index in [0.29, 0.717) is 37.4 Å². The second-order valence-corrected chi connectivity index (χ2v) is 6.49. The summed E-state index contributed by atoms with van der Waals surface area (Å²) in [6.07, 6.45) is 1.22. The van der Waals surface area contributed by atoms with Gasteiger partial charge in [0.1, 0.15) is 5.75 Å². The number of para-hydroxylation sites is 1. The summed E-state index contributed by atoms with van der Waals surface area (Å²) in [5.41, 5.74) is 2.23. The minimum Gasteiger partial charge on any atom is -0.497 e. The molecule has 0 aromatic heterocycles. The lowest BCUT2D eigenvalue weighted by atomic mass is 10.1. The number of methoxy groups -OCH3 is 1. The van der Waals surface area contributed by atoms with E-state index in [1.54, 1.807) is 36.3 Å². The first kappa shape index (κ1) is 20.2. The molecule has 0 unspecified atom stereocenters. The van der Waals surface area contributed by atoms with Gasteiger partial charge in [-0.05, 0) is 24.3 Å². The number of hydrogen-bond acceptors (Lipinski definition) is 5. The van der Waals surface area contributed by atoms with Crippen LogP contribution in [0.25, 0.3) is 0 Å². The highest BCUT2D eigenvalue weighted by atomic mass is 16.6. The maximum absolute atomic E-state index is 12.3. The summed E-state index contributed by atoms with van der Waals surface area (Å²) in [7, 11) is 1.57. The van der Waals surface area contributed by atoms with Gasteiger partial charge in [-0.15, -0.1) is 0 Å². The lowest BCUT2D eigenvalue weighted by Gasteiger charge is -2.27. The molecule has 1 heterocycles. The summed E-state index contributed by atoms with van der Waals surface area (Å²) in [6.45, 7) is 0.923. The number of nitrogens with one attached hydrogen (secondary N) is 2.